The van der Waals surface area contributed by atoms with Crippen LogP contribution in [0.1, 0.15) is 0 Å². The number of nitrogens with zero attached hydrogens (tertiary/aromatic N) is 2. The summed E-state index contributed by atoms with van der Waals surface area (Å²) in [7, 11) is 0. The predicted molar refractivity (Wildman–Crippen MR) is 86.3 cm³/mol. The normalized spacial score (nSPS) is 10.6. The first kappa shape index (κ1) is 14.6. The summed E-state index contributed by atoms with van der Waals surface area (Å²) in [6.45, 7) is -0.241. The molecule has 0 bridgehead atoms. The topological polar surface area (TPSA) is 90.3 Å². The molecule has 112 valence electrons. The van der Waals surface area contributed by atoms with Crippen LogP contribution in [0.3, 0.4) is 0 Å². The van der Waals surface area contributed by atoms with Crippen molar-refractivity contribution in [2.24, 2.45) is 0 Å². The molecule has 0 atom stereocenters. The molecule has 0 aliphatic heterocycles. The Morgan fingerprint density at radius 2 is 2.05 bits per heavy atom. The minimum atomic E-state index is -0.718. The van der Waals surface area contributed by atoms with Crippen molar-refractivity contribution in [3.63, 3.8) is 0 Å². The van der Waals surface area contributed by atoms with E-state index in [4.69, 9.17) is 8.83 Å². The maximum absolute atomic E-state index is 11.9. The lowest BCUT2D eigenvalue weighted by Crippen LogP contribution is -2.25. The molecule has 8 heteroatoms. The molecule has 1 aromatic carbocycles. The Morgan fingerprint density at radius 3 is 2.73 bits per heavy atom. The van der Waals surface area contributed by atoms with Crippen LogP contribution in [0.4, 0.5) is 5.69 Å². The number of hydrogen-bond donors (Lipinski definition) is 1. The van der Waals surface area contributed by atoms with Crippen molar-refractivity contribution in [2.45, 2.75) is 6.54 Å². The summed E-state index contributed by atoms with van der Waals surface area (Å²) in [4.78, 5) is 23.6. The molecule has 0 aliphatic rings. The smallest absolute Gasteiger partial charge is 0.437 e. The summed E-state index contributed by atoms with van der Waals surface area (Å²) in [5.41, 5.74) is 0.646. The number of carbonyl (C=O) groups excluding carboxylic acids is 1. The van der Waals surface area contributed by atoms with Gasteiger partial charge in [0, 0.05) is 9.26 Å². The van der Waals surface area contributed by atoms with Crippen molar-refractivity contribution in [3.05, 3.63) is 56.8 Å². The molecule has 2 heterocycles. The molecule has 0 unspecified atom stereocenters. The van der Waals surface area contributed by atoms with E-state index in [2.05, 4.69) is 33.0 Å². The zero-order chi connectivity index (χ0) is 15.5. The number of anilines is 1. The summed E-state index contributed by atoms with van der Waals surface area (Å²) in [5.74, 6) is -0.724. The molecule has 0 aliphatic carbocycles. The van der Waals surface area contributed by atoms with Crippen LogP contribution in [0.15, 0.2) is 56.3 Å². The molecule has 3 rings (SSSR count). The van der Waals surface area contributed by atoms with E-state index in [1.54, 1.807) is 24.3 Å². The molecular formula is C14H10IN3O4. The summed E-state index contributed by atoms with van der Waals surface area (Å²) in [6, 6.07) is 10.6. The van der Waals surface area contributed by atoms with E-state index in [-0.39, 0.29) is 18.3 Å². The molecule has 0 spiro atoms. The highest BCUT2D eigenvalue weighted by Gasteiger charge is 2.14. The fourth-order valence-corrected chi connectivity index (χ4v) is 2.14. The van der Waals surface area contributed by atoms with Gasteiger partial charge >= 0.3 is 5.76 Å². The second-order valence-electron chi connectivity index (χ2n) is 4.36. The fraction of sp³-hybridized carbons (Fsp3) is 0.0714. The predicted octanol–water partition coefficient (Wildman–Crippen LogP) is 2.34. The molecule has 7 nitrogen and oxygen atoms in total. The van der Waals surface area contributed by atoms with Gasteiger partial charge in [0.1, 0.15) is 6.54 Å². The first-order valence-electron chi connectivity index (χ1n) is 6.29. The summed E-state index contributed by atoms with van der Waals surface area (Å²) >= 11 is 2.17. The van der Waals surface area contributed by atoms with Crippen LogP contribution in [0.5, 0.6) is 0 Å². The number of amides is 1. The summed E-state index contributed by atoms with van der Waals surface area (Å²) < 4.78 is 12.0. The van der Waals surface area contributed by atoms with E-state index < -0.39 is 5.76 Å². The van der Waals surface area contributed by atoms with Crippen LogP contribution in [0.2, 0.25) is 0 Å². The number of benzene rings is 1. The average Bonchev–Trinajstić information content (AvgIpc) is 3.12. The number of carbonyl (C=O) groups is 1. The van der Waals surface area contributed by atoms with Crippen molar-refractivity contribution >= 4 is 34.2 Å². The van der Waals surface area contributed by atoms with E-state index in [1.165, 1.54) is 6.26 Å². The number of nitrogens with one attached hydrogen (secondary N) is 1. The monoisotopic (exact) mass is 411 g/mol. The SMILES string of the molecule is O=C(Cn1nc(-c2ccco2)oc1=O)Nc1ccc(I)cc1. The number of halogens is 1. The van der Waals surface area contributed by atoms with Crippen LogP contribution < -0.4 is 11.1 Å². The zero-order valence-electron chi connectivity index (χ0n) is 11.2. The Balaban J connectivity index is 1.71. The second kappa shape index (κ2) is 6.18. The van der Waals surface area contributed by atoms with Gasteiger partial charge in [0.2, 0.25) is 5.91 Å². The molecular weight excluding hydrogens is 401 g/mol. The lowest BCUT2D eigenvalue weighted by Gasteiger charge is -2.04. The van der Waals surface area contributed by atoms with Gasteiger partial charge in [-0.05, 0) is 59.0 Å². The van der Waals surface area contributed by atoms with Crippen molar-refractivity contribution in [1.82, 2.24) is 9.78 Å². The van der Waals surface area contributed by atoms with E-state index in [0.29, 0.717) is 11.4 Å². The highest BCUT2D eigenvalue weighted by molar-refractivity contribution is 14.1. The standard InChI is InChI=1S/C14H10IN3O4/c15-9-3-5-10(6-4-9)16-12(19)8-18-14(20)22-13(17-18)11-2-1-7-21-11/h1-7H,8H2,(H,16,19). The molecule has 2 aromatic heterocycles. The second-order valence-corrected chi connectivity index (χ2v) is 5.61. The number of rotatable bonds is 4. The van der Waals surface area contributed by atoms with Crippen LogP contribution in [0.25, 0.3) is 11.7 Å². The number of furan rings is 1. The Kier molecular flexibility index (Phi) is 4.09. The largest absolute Gasteiger partial charge is 0.459 e. The minimum Gasteiger partial charge on any atom is -0.459 e. The third-order valence-corrected chi connectivity index (χ3v) is 3.48. The lowest BCUT2D eigenvalue weighted by atomic mass is 10.3. The van der Waals surface area contributed by atoms with Gasteiger partial charge in [-0.15, -0.1) is 5.10 Å². The van der Waals surface area contributed by atoms with Crippen molar-refractivity contribution < 1.29 is 13.6 Å². The van der Waals surface area contributed by atoms with Gasteiger partial charge in [0.25, 0.3) is 5.89 Å². The molecule has 1 amide bonds. The molecule has 0 saturated heterocycles. The minimum absolute atomic E-state index is 0.0389. The maximum atomic E-state index is 11.9. The van der Waals surface area contributed by atoms with E-state index >= 15 is 0 Å². The van der Waals surface area contributed by atoms with Gasteiger partial charge in [-0.3, -0.25) is 4.79 Å². The highest BCUT2D eigenvalue weighted by Crippen LogP contribution is 2.15. The Morgan fingerprint density at radius 1 is 1.27 bits per heavy atom. The molecule has 22 heavy (non-hydrogen) atoms. The maximum Gasteiger partial charge on any atom is 0.437 e. The third-order valence-electron chi connectivity index (χ3n) is 2.76. The Labute approximate surface area is 138 Å². The molecule has 0 radical (unpaired) electrons. The highest BCUT2D eigenvalue weighted by atomic mass is 127. The Hall–Kier alpha value is -2.36. The summed E-state index contributed by atoms with van der Waals surface area (Å²) in [6.07, 6.45) is 1.44. The van der Waals surface area contributed by atoms with Gasteiger partial charge in [0.15, 0.2) is 5.76 Å². The number of aromatic nitrogens is 2. The summed E-state index contributed by atoms with van der Waals surface area (Å²) in [5, 5.41) is 6.61. The molecule has 1 N–H and O–H groups in total. The third kappa shape index (κ3) is 3.27. The van der Waals surface area contributed by atoms with Crippen LogP contribution in [-0.2, 0) is 11.3 Å². The van der Waals surface area contributed by atoms with Gasteiger partial charge in [-0.1, -0.05) is 0 Å². The van der Waals surface area contributed by atoms with Crippen molar-refractivity contribution in [3.8, 4) is 11.7 Å². The first-order valence-corrected chi connectivity index (χ1v) is 7.37. The Bertz CT molecular complexity index is 834. The number of hydrogen-bond acceptors (Lipinski definition) is 5. The van der Waals surface area contributed by atoms with Gasteiger partial charge in [-0.2, -0.15) is 4.68 Å². The first-order chi connectivity index (χ1) is 10.6. The molecule has 0 fully saturated rings. The van der Waals surface area contributed by atoms with Gasteiger partial charge in [0.05, 0.1) is 6.26 Å². The quantitative estimate of drug-likeness (QED) is 0.666. The van der Waals surface area contributed by atoms with Crippen molar-refractivity contribution in [2.75, 3.05) is 5.32 Å². The molecule has 0 saturated carbocycles. The van der Waals surface area contributed by atoms with E-state index in [1.807, 2.05) is 12.1 Å². The van der Waals surface area contributed by atoms with E-state index in [9.17, 15) is 9.59 Å². The van der Waals surface area contributed by atoms with Crippen LogP contribution >= 0.6 is 22.6 Å². The van der Waals surface area contributed by atoms with Crippen molar-refractivity contribution in [1.29, 1.82) is 0 Å². The average molecular weight is 411 g/mol. The molecule has 3 aromatic rings. The van der Waals surface area contributed by atoms with E-state index in [0.717, 1.165) is 8.25 Å². The van der Waals surface area contributed by atoms with Crippen LogP contribution in [0, 0.1) is 3.57 Å². The zero-order valence-corrected chi connectivity index (χ0v) is 13.3. The van der Waals surface area contributed by atoms with Crippen LogP contribution in [-0.4, -0.2) is 15.7 Å². The lowest BCUT2D eigenvalue weighted by molar-refractivity contribution is -0.117. The van der Waals surface area contributed by atoms with Gasteiger partial charge < -0.3 is 14.2 Å². The van der Waals surface area contributed by atoms with Gasteiger partial charge in [-0.25, -0.2) is 4.79 Å². The fourth-order valence-electron chi connectivity index (χ4n) is 1.78.